The van der Waals surface area contributed by atoms with Gasteiger partial charge < -0.3 is 24.7 Å². The van der Waals surface area contributed by atoms with Gasteiger partial charge in [-0.1, -0.05) is 6.07 Å². The number of aromatic nitrogens is 3. The Morgan fingerprint density at radius 1 is 1.41 bits per heavy atom. The molecule has 8 heteroatoms. The van der Waals surface area contributed by atoms with Gasteiger partial charge in [0.1, 0.15) is 6.33 Å². The van der Waals surface area contributed by atoms with Crippen LogP contribution in [0.2, 0.25) is 0 Å². The maximum absolute atomic E-state index is 11.9. The lowest BCUT2D eigenvalue weighted by atomic mass is 10.2. The van der Waals surface area contributed by atoms with Crippen molar-refractivity contribution >= 4 is 6.03 Å². The molecule has 1 aromatic heterocycles. The predicted octanol–water partition coefficient (Wildman–Crippen LogP) is 1.10. The van der Waals surface area contributed by atoms with Crippen LogP contribution in [0.4, 0.5) is 4.79 Å². The third-order valence-electron chi connectivity index (χ3n) is 3.37. The molecule has 2 N–H and O–H groups in total. The summed E-state index contributed by atoms with van der Waals surface area (Å²) in [6.07, 6.45) is 1.60. The summed E-state index contributed by atoms with van der Waals surface area (Å²) >= 11 is 0. The average Bonchev–Trinajstić information content (AvgIpc) is 3.12. The lowest BCUT2D eigenvalue weighted by molar-refractivity contribution is 0.174. The van der Waals surface area contributed by atoms with Crippen LogP contribution in [0.25, 0.3) is 0 Å². The molecule has 0 saturated carbocycles. The number of rotatable bonds is 4. The van der Waals surface area contributed by atoms with Crippen molar-refractivity contribution in [2.75, 3.05) is 6.79 Å². The van der Waals surface area contributed by atoms with Gasteiger partial charge in [-0.15, -0.1) is 10.2 Å². The van der Waals surface area contributed by atoms with Crippen LogP contribution in [0.5, 0.6) is 11.5 Å². The fourth-order valence-electron chi connectivity index (χ4n) is 2.23. The highest BCUT2D eigenvalue weighted by Crippen LogP contribution is 2.32. The SMILES string of the molecule is CC(NC(=O)NCc1ccc2c(c1)OCO2)c1nncn1C. The van der Waals surface area contributed by atoms with Crippen molar-refractivity contribution in [3.63, 3.8) is 0 Å². The van der Waals surface area contributed by atoms with Gasteiger partial charge in [-0.25, -0.2) is 4.79 Å². The Balaban J connectivity index is 1.53. The summed E-state index contributed by atoms with van der Waals surface area (Å²) in [7, 11) is 1.83. The van der Waals surface area contributed by atoms with E-state index in [0.717, 1.165) is 11.3 Å². The molecule has 3 rings (SSSR count). The number of fused-ring (bicyclic) bond motifs is 1. The Bertz CT molecular complexity index is 685. The van der Waals surface area contributed by atoms with Crippen molar-refractivity contribution in [2.24, 2.45) is 7.05 Å². The molecule has 1 aromatic carbocycles. The van der Waals surface area contributed by atoms with Crippen molar-refractivity contribution in [2.45, 2.75) is 19.5 Å². The molecular weight excluding hydrogens is 286 g/mol. The number of carbonyl (C=O) groups is 1. The van der Waals surface area contributed by atoms with E-state index in [-0.39, 0.29) is 18.9 Å². The Labute approximate surface area is 127 Å². The molecule has 0 saturated heterocycles. The summed E-state index contributed by atoms with van der Waals surface area (Å²) in [5, 5.41) is 13.4. The van der Waals surface area contributed by atoms with E-state index in [2.05, 4.69) is 20.8 Å². The van der Waals surface area contributed by atoms with Gasteiger partial charge in [-0.3, -0.25) is 0 Å². The molecule has 2 aromatic rings. The van der Waals surface area contributed by atoms with Gasteiger partial charge in [0, 0.05) is 13.6 Å². The van der Waals surface area contributed by atoms with Crippen molar-refractivity contribution in [1.29, 1.82) is 0 Å². The first kappa shape index (κ1) is 14.2. The summed E-state index contributed by atoms with van der Waals surface area (Å²) < 4.78 is 12.3. The summed E-state index contributed by atoms with van der Waals surface area (Å²) in [5.74, 6) is 2.12. The molecular formula is C14H17N5O3. The number of aryl methyl sites for hydroxylation is 1. The van der Waals surface area contributed by atoms with Crippen LogP contribution in [0.15, 0.2) is 24.5 Å². The molecule has 0 aliphatic carbocycles. The summed E-state index contributed by atoms with van der Waals surface area (Å²) in [6.45, 7) is 2.49. The number of ether oxygens (including phenoxy) is 2. The van der Waals surface area contributed by atoms with Gasteiger partial charge in [0.25, 0.3) is 0 Å². The molecule has 0 spiro atoms. The zero-order valence-electron chi connectivity index (χ0n) is 12.4. The fraction of sp³-hybridized carbons (Fsp3) is 0.357. The second-order valence-corrected chi connectivity index (χ2v) is 5.04. The van der Waals surface area contributed by atoms with Crippen molar-refractivity contribution in [3.8, 4) is 11.5 Å². The minimum atomic E-state index is -0.270. The number of nitrogens with zero attached hydrogens (tertiary/aromatic N) is 3. The van der Waals surface area contributed by atoms with E-state index in [4.69, 9.17) is 9.47 Å². The summed E-state index contributed by atoms with van der Waals surface area (Å²) in [6, 6.07) is 5.08. The first-order valence-corrected chi connectivity index (χ1v) is 6.90. The Hall–Kier alpha value is -2.77. The molecule has 2 heterocycles. The molecule has 8 nitrogen and oxygen atoms in total. The highest BCUT2D eigenvalue weighted by atomic mass is 16.7. The molecule has 2 amide bonds. The van der Waals surface area contributed by atoms with Crippen molar-refractivity contribution in [3.05, 3.63) is 35.9 Å². The van der Waals surface area contributed by atoms with E-state index in [1.807, 2.05) is 32.2 Å². The molecule has 0 radical (unpaired) electrons. The maximum atomic E-state index is 11.9. The van der Waals surface area contributed by atoms with Gasteiger partial charge in [0.2, 0.25) is 6.79 Å². The van der Waals surface area contributed by atoms with Gasteiger partial charge in [0.05, 0.1) is 6.04 Å². The lowest BCUT2D eigenvalue weighted by Gasteiger charge is -2.14. The van der Waals surface area contributed by atoms with E-state index in [1.165, 1.54) is 0 Å². The van der Waals surface area contributed by atoms with Crippen LogP contribution in [-0.4, -0.2) is 27.6 Å². The van der Waals surface area contributed by atoms with E-state index in [0.29, 0.717) is 18.1 Å². The monoisotopic (exact) mass is 303 g/mol. The zero-order chi connectivity index (χ0) is 15.5. The van der Waals surface area contributed by atoms with Gasteiger partial charge in [0.15, 0.2) is 17.3 Å². The predicted molar refractivity (Wildman–Crippen MR) is 77.4 cm³/mol. The Kier molecular flexibility index (Phi) is 3.82. The van der Waals surface area contributed by atoms with Crippen LogP contribution in [0, 0.1) is 0 Å². The highest BCUT2D eigenvalue weighted by molar-refractivity contribution is 5.74. The number of amides is 2. The Morgan fingerprint density at radius 2 is 2.23 bits per heavy atom. The molecule has 1 aliphatic heterocycles. The smallest absolute Gasteiger partial charge is 0.315 e. The van der Waals surface area contributed by atoms with Crippen LogP contribution in [0.3, 0.4) is 0 Å². The van der Waals surface area contributed by atoms with Crippen molar-refractivity contribution in [1.82, 2.24) is 25.4 Å². The fourth-order valence-corrected chi connectivity index (χ4v) is 2.23. The molecule has 22 heavy (non-hydrogen) atoms. The van der Waals surface area contributed by atoms with Crippen molar-refractivity contribution < 1.29 is 14.3 Å². The first-order chi connectivity index (χ1) is 10.6. The van der Waals surface area contributed by atoms with E-state index >= 15 is 0 Å². The zero-order valence-corrected chi connectivity index (χ0v) is 12.4. The molecule has 0 fully saturated rings. The average molecular weight is 303 g/mol. The third kappa shape index (κ3) is 2.95. The maximum Gasteiger partial charge on any atom is 0.315 e. The number of carbonyl (C=O) groups excluding carboxylic acids is 1. The molecule has 116 valence electrons. The van der Waals surface area contributed by atoms with E-state index in [9.17, 15) is 4.79 Å². The van der Waals surface area contributed by atoms with Crippen LogP contribution in [0.1, 0.15) is 24.4 Å². The molecule has 1 atom stereocenters. The Morgan fingerprint density at radius 3 is 3.00 bits per heavy atom. The molecule has 0 bridgehead atoms. The molecule has 1 aliphatic rings. The normalized spacial score (nSPS) is 13.7. The van der Waals surface area contributed by atoms with Gasteiger partial charge in [-0.2, -0.15) is 0 Å². The molecule has 1 unspecified atom stereocenters. The number of nitrogens with one attached hydrogen (secondary N) is 2. The number of urea groups is 1. The highest BCUT2D eigenvalue weighted by Gasteiger charge is 2.15. The second kappa shape index (κ2) is 5.92. The largest absolute Gasteiger partial charge is 0.454 e. The summed E-state index contributed by atoms with van der Waals surface area (Å²) in [5.41, 5.74) is 0.936. The van der Waals surface area contributed by atoms with Gasteiger partial charge >= 0.3 is 6.03 Å². The van der Waals surface area contributed by atoms with E-state index < -0.39 is 0 Å². The lowest BCUT2D eigenvalue weighted by Crippen LogP contribution is -2.37. The van der Waals surface area contributed by atoms with Crippen LogP contribution >= 0.6 is 0 Å². The van der Waals surface area contributed by atoms with Crippen LogP contribution in [-0.2, 0) is 13.6 Å². The first-order valence-electron chi connectivity index (χ1n) is 6.90. The van der Waals surface area contributed by atoms with Gasteiger partial charge in [-0.05, 0) is 24.6 Å². The summed E-state index contributed by atoms with van der Waals surface area (Å²) in [4.78, 5) is 11.9. The van der Waals surface area contributed by atoms with Crippen LogP contribution < -0.4 is 20.1 Å². The number of hydrogen-bond acceptors (Lipinski definition) is 5. The minimum Gasteiger partial charge on any atom is -0.454 e. The standard InChI is InChI=1S/C14H17N5O3/c1-9(13-18-16-7-19(13)2)17-14(20)15-6-10-3-4-11-12(5-10)22-8-21-11/h3-5,7,9H,6,8H2,1-2H3,(H2,15,17,20). The number of benzene rings is 1. The number of hydrogen-bond donors (Lipinski definition) is 2. The topological polar surface area (TPSA) is 90.3 Å². The third-order valence-corrected chi connectivity index (χ3v) is 3.37. The minimum absolute atomic E-state index is 0.232. The van der Waals surface area contributed by atoms with E-state index in [1.54, 1.807) is 10.9 Å². The second-order valence-electron chi connectivity index (χ2n) is 5.04. The quantitative estimate of drug-likeness (QED) is 0.883.